The number of hydrogen-bond donors (Lipinski definition) is 2. The zero-order valence-corrected chi connectivity index (χ0v) is 18.7. The van der Waals surface area contributed by atoms with Gasteiger partial charge in [-0.3, -0.25) is 9.52 Å². The molecule has 0 spiro atoms. The Bertz CT molecular complexity index is 1180. The molecule has 34 heavy (non-hydrogen) atoms. The number of amides is 1. The van der Waals surface area contributed by atoms with Crippen LogP contribution >= 0.6 is 0 Å². The molecule has 1 fully saturated rings. The number of aromatic nitrogens is 1. The third kappa shape index (κ3) is 7.42. The second-order valence-corrected chi connectivity index (χ2v) is 9.18. The van der Waals surface area contributed by atoms with Gasteiger partial charge < -0.3 is 14.8 Å². The van der Waals surface area contributed by atoms with Crippen molar-refractivity contribution in [3.8, 4) is 5.88 Å². The summed E-state index contributed by atoms with van der Waals surface area (Å²) in [6.07, 6.45) is -1.39. The molecule has 0 aliphatic carbocycles. The van der Waals surface area contributed by atoms with Gasteiger partial charge in [-0.2, -0.15) is 13.2 Å². The van der Waals surface area contributed by atoms with Crippen molar-refractivity contribution in [2.45, 2.75) is 25.2 Å². The van der Waals surface area contributed by atoms with Crippen molar-refractivity contribution in [3.05, 3.63) is 59.0 Å². The van der Waals surface area contributed by atoms with Gasteiger partial charge in [0.15, 0.2) is 0 Å². The van der Waals surface area contributed by atoms with Crippen LogP contribution in [0.2, 0.25) is 0 Å². The third-order valence-electron chi connectivity index (χ3n) is 4.56. The first-order valence-corrected chi connectivity index (χ1v) is 11.8. The molecule has 2 aromatic rings. The molecule has 2 N–H and O–H groups in total. The Balaban J connectivity index is 1.67. The van der Waals surface area contributed by atoms with Crippen molar-refractivity contribution < 1.29 is 40.2 Å². The Hall–Kier alpha value is -3.19. The number of halogens is 4. The number of sulfonamides is 1. The fourth-order valence-electron chi connectivity index (χ4n) is 2.96. The number of ether oxygens (including phenoxy) is 2. The van der Waals surface area contributed by atoms with Gasteiger partial charge in [-0.1, -0.05) is 6.07 Å². The van der Waals surface area contributed by atoms with Crippen LogP contribution < -0.4 is 14.8 Å². The highest BCUT2D eigenvalue weighted by molar-refractivity contribution is 7.92. The summed E-state index contributed by atoms with van der Waals surface area (Å²) in [4.78, 5) is 15.7. The fourth-order valence-corrected chi connectivity index (χ4v) is 3.52. The van der Waals surface area contributed by atoms with Crippen LogP contribution in [0.25, 0.3) is 6.08 Å². The number of alkyl halides is 3. The smallest absolute Gasteiger partial charge is 0.433 e. The summed E-state index contributed by atoms with van der Waals surface area (Å²) in [7, 11) is -3.65. The van der Waals surface area contributed by atoms with E-state index in [0.29, 0.717) is 18.6 Å². The topological polar surface area (TPSA) is 107 Å². The molecule has 8 nitrogen and oxygen atoms in total. The predicted octanol–water partition coefficient (Wildman–Crippen LogP) is 3.11. The van der Waals surface area contributed by atoms with E-state index in [9.17, 15) is 30.8 Å². The number of nitrogens with one attached hydrogen (secondary N) is 2. The highest BCUT2D eigenvalue weighted by Crippen LogP contribution is 2.31. The Labute approximate surface area is 193 Å². The number of pyridine rings is 1. The molecule has 184 valence electrons. The van der Waals surface area contributed by atoms with Gasteiger partial charge in [0, 0.05) is 24.6 Å². The van der Waals surface area contributed by atoms with Crippen LogP contribution in [-0.2, 0) is 32.3 Å². The van der Waals surface area contributed by atoms with Crippen LogP contribution in [0.3, 0.4) is 0 Å². The standard InChI is InChI=1S/C21H21F4N3O5S/c1-34(30,31)28-17-5-2-13(10-16(17)22)11-26-19(29)7-4-14-3-6-18(21(23,24)25)27-20(14)33-15-8-9-32-12-15/h2-7,10,15,28H,8-9,11-12H2,1H3,(H,26,29). The summed E-state index contributed by atoms with van der Waals surface area (Å²) in [5.74, 6) is -1.69. The van der Waals surface area contributed by atoms with E-state index in [-0.39, 0.29) is 30.3 Å². The van der Waals surface area contributed by atoms with E-state index in [1.165, 1.54) is 18.2 Å². The molecule has 3 rings (SSSR count). The van der Waals surface area contributed by atoms with Gasteiger partial charge in [0.2, 0.25) is 21.8 Å². The first-order chi connectivity index (χ1) is 15.9. The van der Waals surface area contributed by atoms with Crippen LogP contribution in [0.1, 0.15) is 23.2 Å². The van der Waals surface area contributed by atoms with Gasteiger partial charge in [-0.05, 0) is 35.9 Å². The normalized spacial score (nSPS) is 16.6. The van der Waals surface area contributed by atoms with Crippen LogP contribution in [0.5, 0.6) is 5.88 Å². The Morgan fingerprint density at radius 3 is 2.68 bits per heavy atom. The Morgan fingerprint density at radius 1 is 1.29 bits per heavy atom. The maximum atomic E-state index is 14.0. The van der Waals surface area contributed by atoms with E-state index < -0.39 is 39.7 Å². The zero-order chi connectivity index (χ0) is 24.9. The van der Waals surface area contributed by atoms with Gasteiger partial charge in [0.1, 0.15) is 17.6 Å². The fraction of sp³-hybridized carbons (Fsp3) is 0.333. The molecule has 1 amide bonds. The SMILES string of the molecule is CS(=O)(=O)Nc1ccc(CNC(=O)C=Cc2ccc(C(F)(F)F)nc2OC2CCOC2)cc1F. The highest BCUT2D eigenvalue weighted by atomic mass is 32.2. The molecule has 1 atom stereocenters. The van der Waals surface area contributed by atoms with Crippen molar-refractivity contribution in [3.63, 3.8) is 0 Å². The maximum Gasteiger partial charge on any atom is 0.433 e. The largest absolute Gasteiger partial charge is 0.471 e. The summed E-state index contributed by atoms with van der Waals surface area (Å²) in [6.45, 7) is 0.563. The molecule has 0 radical (unpaired) electrons. The first kappa shape index (κ1) is 25.4. The molecule has 1 aliphatic heterocycles. The number of benzene rings is 1. The maximum absolute atomic E-state index is 14.0. The number of carbonyl (C=O) groups is 1. The van der Waals surface area contributed by atoms with E-state index in [1.807, 2.05) is 4.72 Å². The molecular formula is C21H21F4N3O5S. The van der Waals surface area contributed by atoms with Gasteiger partial charge in [-0.25, -0.2) is 17.8 Å². The molecule has 1 aliphatic rings. The second kappa shape index (κ2) is 10.4. The van der Waals surface area contributed by atoms with Crippen LogP contribution in [0, 0.1) is 5.82 Å². The van der Waals surface area contributed by atoms with Crippen LogP contribution in [0.15, 0.2) is 36.4 Å². The van der Waals surface area contributed by atoms with E-state index in [1.54, 1.807) is 0 Å². The minimum atomic E-state index is -4.66. The molecule has 13 heteroatoms. The highest BCUT2D eigenvalue weighted by Gasteiger charge is 2.33. The summed E-state index contributed by atoms with van der Waals surface area (Å²) >= 11 is 0. The predicted molar refractivity (Wildman–Crippen MR) is 115 cm³/mol. The third-order valence-corrected chi connectivity index (χ3v) is 5.15. The molecule has 1 saturated heterocycles. The van der Waals surface area contributed by atoms with Crippen LogP contribution in [-0.4, -0.2) is 44.9 Å². The monoisotopic (exact) mass is 503 g/mol. The number of anilines is 1. The van der Waals surface area contributed by atoms with E-state index in [4.69, 9.17) is 9.47 Å². The lowest BCUT2D eigenvalue weighted by Gasteiger charge is -2.15. The van der Waals surface area contributed by atoms with Crippen molar-refractivity contribution in [1.29, 1.82) is 0 Å². The minimum absolute atomic E-state index is 0.0761. The molecule has 1 unspecified atom stereocenters. The van der Waals surface area contributed by atoms with Gasteiger partial charge >= 0.3 is 6.18 Å². The molecule has 2 heterocycles. The lowest BCUT2D eigenvalue weighted by molar-refractivity contribution is -0.141. The lowest BCUT2D eigenvalue weighted by Crippen LogP contribution is -2.21. The Morgan fingerprint density at radius 2 is 2.06 bits per heavy atom. The van der Waals surface area contributed by atoms with Gasteiger partial charge in [0.25, 0.3) is 0 Å². The lowest BCUT2D eigenvalue weighted by atomic mass is 10.2. The minimum Gasteiger partial charge on any atom is -0.471 e. The molecule has 0 bridgehead atoms. The average molecular weight is 503 g/mol. The number of hydrogen-bond acceptors (Lipinski definition) is 6. The zero-order valence-electron chi connectivity index (χ0n) is 17.9. The van der Waals surface area contributed by atoms with Crippen molar-refractivity contribution >= 4 is 27.7 Å². The van der Waals surface area contributed by atoms with Crippen molar-refractivity contribution in [1.82, 2.24) is 10.3 Å². The number of rotatable bonds is 8. The quantitative estimate of drug-likeness (QED) is 0.424. The number of nitrogens with zero attached hydrogens (tertiary/aromatic N) is 1. The van der Waals surface area contributed by atoms with Crippen molar-refractivity contribution in [2.75, 3.05) is 24.2 Å². The van der Waals surface area contributed by atoms with Crippen molar-refractivity contribution in [2.24, 2.45) is 0 Å². The summed E-state index contributed by atoms with van der Waals surface area (Å²) in [6, 6.07) is 5.64. The average Bonchev–Trinajstić information content (AvgIpc) is 3.24. The number of carbonyl (C=O) groups excluding carboxylic acids is 1. The summed E-state index contributed by atoms with van der Waals surface area (Å²) < 4.78 is 88.3. The Kier molecular flexibility index (Phi) is 7.77. The first-order valence-electron chi connectivity index (χ1n) is 9.95. The van der Waals surface area contributed by atoms with E-state index >= 15 is 0 Å². The summed E-state index contributed by atoms with van der Waals surface area (Å²) in [5.41, 5.74) is -0.830. The van der Waals surface area contributed by atoms with E-state index in [0.717, 1.165) is 30.5 Å². The van der Waals surface area contributed by atoms with Gasteiger partial charge in [0.05, 0.1) is 25.2 Å². The second-order valence-electron chi connectivity index (χ2n) is 7.43. The van der Waals surface area contributed by atoms with E-state index in [2.05, 4.69) is 10.3 Å². The molecular weight excluding hydrogens is 482 g/mol. The molecule has 0 saturated carbocycles. The molecule has 1 aromatic heterocycles. The van der Waals surface area contributed by atoms with Crippen LogP contribution in [0.4, 0.5) is 23.2 Å². The summed E-state index contributed by atoms with van der Waals surface area (Å²) in [5, 5.41) is 2.50. The molecule has 1 aromatic carbocycles. The van der Waals surface area contributed by atoms with Gasteiger partial charge in [-0.15, -0.1) is 0 Å².